The van der Waals surface area contributed by atoms with E-state index in [9.17, 15) is 9.59 Å². The van der Waals surface area contributed by atoms with Crippen LogP contribution in [-0.4, -0.2) is 36.8 Å². The van der Waals surface area contributed by atoms with Crippen LogP contribution in [0.2, 0.25) is 0 Å². The van der Waals surface area contributed by atoms with Crippen molar-refractivity contribution < 1.29 is 4.79 Å². The summed E-state index contributed by atoms with van der Waals surface area (Å²) in [6.07, 6.45) is 1.94. The van der Waals surface area contributed by atoms with Crippen LogP contribution >= 0.6 is 28.1 Å². The summed E-state index contributed by atoms with van der Waals surface area (Å²) in [4.78, 5) is 28.9. The number of amides is 1. The number of nitrogens with zero attached hydrogens (tertiary/aromatic N) is 4. The molecule has 0 atom stereocenters. The van der Waals surface area contributed by atoms with E-state index < -0.39 is 0 Å². The zero-order valence-corrected chi connectivity index (χ0v) is 16.4. The first-order chi connectivity index (χ1) is 12.5. The Hall–Kier alpha value is -2.33. The Morgan fingerprint density at radius 3 is 3.00 bits per heavy atom. The molecule has 2 heterocycles. The minimum Gasteiger partial charge on any atom is -0.354 e. The predicted octanol–water partition coefficient (Wildman–Crippen LogP) is 1.79. The number of aromatic nitrogens is 5. The van der Waals surface area contributed by atoms with Gasteiger partial charge in [-0.2, -0.15) is 5.10 Å². The fourth-order valence-corrected chi connectivity index (χ4v) is 3.28. The molecular weight excluding hydrogens is 420 g/mol. The van der Waals surface area contributed by atoms with Crippen LogP contribution in [0.3, 0.4) is 0 Å². The van der Waals surface area contributed by atoms with Crippen molar-refractivity contribution in [2.45, 2.75) is 26.4 Å². The van der Waals surface area contributed by atoms with Crippen molar-refractivity contribution in [1.82, 2.24) is 29.6 Å². The Kier molecular flexibility index (Phi) is 5.62. The lowest BCUT2D eigenvalue weighted by Crippen LogP contribution is -2.33. The molecule has 0 spiro atoms. The first kappa shape index (κ1) is 18.5. The molecule has 0 aliphatic carbocycles. The van der Waals surface area contributed by atoms with Crippen LogP contribution in [0.1, 0.15) is 12.7 Å². The molecule has 10 heteroatoms. The van der Waals surface area contributed by atoms with E-state index in [1.165, 1.54) is 10.9 Å². The van der Waals surface area contributed by atoms with Crippen molar-refractivity contribution in [2.75, 3.05) is 6.54 Å². The van der Waals surface area contributed by atoms with Gasteiger partial charge in [0.25, 0.3) is 5.56 Å². The molecule has 3 aromatic rings. The van der Waals surface area contributed by atoms with Crippen molar-refractivity contribution in [3.8, 4) is 0 Å². The number of halogens is 1. The molecular formula is C16H17BrN6O2S. The number of hydrogen-bond donors (Lipinski definition) is 2. The molecule has 1 amide bonds. The third-order valence-corrected chi connectivity index (χ3v) is 4.73. The molecule has 136 valence electrons. The summed E-state index contributed by atoms with van der Waals surface area (Å²) in [5, 5.41) is 10.1. The maximum Gasteiger partial charge on any atom is 0.261 e. The molecule has 0 saturated carbocycles. The van der Waals surface area contributed by atoms with Crippen LogP contribution in [0.15, 0.2) is 33.8 Å². The van der Waals surface area contributed by atoms with Gasteiger partial charge in [-0.15, -0.1) is 0 Å². The van der Waals surface area contributed by atoms with Gasteiger partial charge in [-0.05, 0) is 37.3 Å². The molecule has 3 rings (SSSR count). The van der Waals surface area contributed by atoms with Gasteiger partial charge in [-0.25, -0.2) is 4.98 Å². The second kappa shape index (κ2) is 7.92. The highest BCUT2D eigenvalue weighted by molar-refractivity contribution is 9.10. The quantitative estimate of drug-likeness (QED) is 0.574. The second-order valence-corrected chi connectivity index (χ2v) is 6.93. The van der Waals surface area contributed by atoms with Crippen LogP contribution in [0.5, 0.6) is 0 Å². The van der Waals surface area contributed by atoms with Crippen molar-refractivity contribution >= 4 is 45.0 Å². The number of nitrogens with one attached hydrogen (secondary N) is 2. The molecule has 0 fully saturated rings. The maximum absolute atomic E-state index is 12.5. The van der Waals surface area contributed by atoms with E-state index in [0.717, 1.165) is 10.3 Å². The van der Waals surface area contributed by atoms with Gasteiger partial charge in [0.15, 0.2) is 4.77 Å². The molecule has 0 radical (unpaired) electrons. The van der Waals surface area contributed by atoms with Crippen LogP contribution in [0.25, 0.3) is 10.9 Å². The van der Waals surface area contributed by atoms with Crippen LogP contribution in [-0.2, 0) is 24.3 Å². The van der Waals surface area contributed by atoms with Crippen molar-refractivity contribution in [3.63, 3.8) is 0 Å². The Labute approximate surface area is 162 Å². The van der Waals surface area contributed by atoms with E-state index in [4.69, 9.17) is 12.2 Å². The summed E-state index contributed by atoms with van der Waals surface area (Å²) in [6, 6.07) is 5.27. The standard InChI is InChI=1S/C16H17BrN6O2S/c1-2-23-13(20-21-16(23)26)5-6-18-14(24)8-22-9-19-12-4-3-10(17)7-11(12)15(22)25/h3-4,7,9H,2,5-6,8H2,1H3,(H,18,24)(H,21,26). The molecule has 0 unspecified atom stereocenters. The van der Waals surface area contributed by atoms with E-state index >= 15 is 0 Å². The number of rotatable bonds is 6. The molecule has 1 aromatic carbocycles. The number of benzene rings is 1. The van der Waals surface area contributed by atoms with Gasteiger partial charge in [0.1, 0.15) is 12.4 Å². The van der Waals surface area contributed by atoms with E-state index in [-0.39, 0.29) is 18.0 Å². The molecule has 2 N–H and O–H groups in total. The lowest BCUT2D eigenvalue weighted by Gasteiger charge is -2.08. The number of fused-ring (bicyclic) bond motifs is 1. The number of carbonyl (C=O) groups excluding carboxylic acids is 1. The zero-order chi connectivity index (χ0) is 18.7. The highest BCUT2D eigenvalue weighted by Gasteiger charge is 2.09. The number of carbonyl (C=O) groups is 1. The van der Waals surface area contributed by atoms with Crippen LogP contribution in [0.4, 0.5) is 0 Å². The molecule has 8 nitrogen and oxygen atoms in total. The van der Waals surface area contributed by atoms with E-state index in [1.54, 1.807) is 12.1 Å². The largest absolute Gasteiger partial charge is 0.354 e. The normalized spacial score (nSPS) is 11.0. The Morgan fingerprint density at radius 2 is 2.23 bits per heavy atom. The van der Waals surface area contributed by atoms with Gasteiger partial charge in [0.05, 0.1) is 17.2 Å². The highest BCUT2D eigenvalue weighted by atomic mass is 79.9. The average Bonchev–Trinajstić information content (AvgIpc) is 2.97. The molecule has 0 aliphatic heterocycles. The first-order valence-electron chi connectivity index (χ1n) is 8.05. The highest BCUT2D eigenvalue weighted by Crippen LogP contribution is 2.14. The molecule has 0 bridgehead atoms. The minimum absolute atomic E-state index is 0.0884. The zero-order valence-electron chi connectivity index (χ0n) is 14.0. The summed E-state index contributed by atoms with van der Waals surface area (Å²) in [5.41, 5.74) is 0.343. The van der Waals surface area contributed by atoms with E-state index in [2.05, 4.69) is 36.4 Å². The SMILES string of the molecule is CCn1c(CCNC(=O)Cn2cnc3ccc(Br)cc3c2=O)n[nH]c1=S. The fourth-order valence-electron chi connectivity index (χ4n) is 2.64. The lowest BCUT2D eigenvalue weighted by atomic mass is 10.2. The summed E-state index contributed by atoms with van der Waals surface area (Å²) in [6.45, 7) is 3.01. The topological polar surface area (TPSA) is 97.6 Å². The summed E-state index contributed by atoms with van der Waals surface area (Å²) >= 11 is 8.47. The van der Waals surface area contributed by atoms with Crippen molar-refractivity contribution in [2.24, 2.45) is 0 Å². The number of hydrogen-bond acceptors (Lipinski definition) is 5. The number of H-pyrrole nitrogens is 1. The Balaban J connectivity index is 1.65. The molecule has 2 aromatic heterocycles. The van der Waals surface area contributed by atoms with Gasteiger partial charge in [-0.3, -0.25) is 19.3 Å². The van der Waals surface area contributed by atoms with Gasteiger partial charge in [-0.1, -0.05) is 15.9 Å². The Morgan fingerprint density at radius 1 is 1.42 bits per heavy atom. The third kappa shape index (κ3) is 3.91. The van der Waals surface area contributed by atoms with Crippen molar-refractivity contribution in [1.29, 1.82) is 0 Å². The first-order valence-corrected chi connectivity index (χ1v) is 9.25. The maximum atomic E-state index is 12.5. The van der Waals surface area contributed by atoms with E-state index in [1.807, 2.05) is 17.6 Å². The van der Waals surface area contributed by atoms with Crippen LogP contribution in [0, 0.1) is 4.77 Å². The van der Waals surface area contributed by atoms with Gasteiger partial charge in [0.2, 0.25) is 5.91 Å². The summed E-state index contributed by atoms with van der Waals surface area (Å²) < 4.78 is 4.52. The second-order valence-electron chi connectivity index (χ2n) is 5.63. The van der Waals surface area contributed by atoms with Gasteiger partial charge < -0.3 is 9.88 Å². The average molecular weight is 437 g/mol. The monoisotopic (exact) mass is 436 g/mol. The van der Waals surface area contributed by atoms with Crippen LogP contribution < -0.4 is 10.9 Å². The van der Waals surface area contributed by atoms with Crippen molar-refractivity contribution in [3.05, 3.63) is 49.9 Å². The van der Waals surface area contributed by atoms with E-state index in [0.29, 0.717) is 35.2 Å². The van der Waals surface area contributed by atoms with Gasteiger partial charge >= 0.3 is 0 Å². The summed E-state index contributed by atoms with van der Waals surface area (Å²) in [5.74, 6) is 0.521. The minimum atomic E-state index is -0.263. The fraction of sp³-hybridized carbons (Fsp3) is 0.312. The number of aromatic amines is 1. The summed E-state index contributed by atoms with van der Waals surface area (Å²) in [7, 11) is 0. The third-order valence-electron chi connectivity index (χ3n) is 3.92. The molecule has 26 heavy (non-hydrogen) atoms. The lowest BCUT2D eigenvalue weighted by molar-refractivity contribution is -0.121. The molecule has 0 aliphatic rings. The smallest absolute Gasteiger partial charge is 0.261 e. The molecule has 0 saturated heterocycles. The predicted molar refractivity (Wildman–Crippen MR) is 104 cm³/mol. The Bertz CT molecular complexity index is 1070. The van der Waals surface area contributed by atoms with Gasteiger partial charge in [0, 0.05) is 24.0 Å².